The normalized spacial score (nSPS) is 13.7. The third-order valence-corrected chi connectivity index (χ3v) is 6.35. The number of hydrogen-bond donors (Lipinski definition) is 1. The van der Waals surface area contributed by atoms with E-state index in [4.69, 9.17) is 14.2 Å². The highest BCUT2D eigenvalue weighted by Gasteiger charge is 2.22. The van der Waals surface area contributed by atoms with E-state index in [-0.39, 0.29) is 11.6 Å². The predicted octanol–water partition coefficient (Wildman–Crippen LogP) is 5.47. The van der Waals surface area contributed by atoms with Gasteiger partial charge in [-0.05, 0) is 61.0 Å². The lowest BCUT2D eigenvalue weighted by Crippen LogP contribution is -2.25. The number of phenolic OH excluding ortho intramolecular Hbond substituents is 1. The Morgan fingerprint density at radius 3 is 2.71 bits per heavy atom. The summed E-state index contributed by atoms with van der Waals surface area (Å²) in [6.07, 6.45) is 0. The van der Waals surface area contributed by atoms with E-state index in [1.54, 1.807) is 26.4 Å². The summed E-state index contributed by atoms with van der Waals surface area (Å²) in [4.78, 5) is 6.91. The van der Waals surface area contributed by atoms with Crippen LogP contribution in [0.15, 0.2) is 54.6 Å². The van der Waals surface area contributed by atoms with E-state index in [1.807, 2.05) is 37.3 Å². The number of hydrogen-bond acceptors (Lipinski definition) is 6. The Morgan fingerprint density at radius 2 is 1.91 bits per heavy atom. The number of phenols is 1. The average molecular weight is 475 g/mol. The molecule has 0 saturated carbocycles. The van der Waals surface area contributed by atoms with Gasteiger partial charge in [-0.15, -0.1) is 0 Å². The molecule has 7 heteroatoms. The van der Waals surface area contributed by atoms with Crippen molar-refractivity contribution in [2.75, 3.05) is 27.4 Å². The summed E-state index contributed by atoms with van der Waals surface area (Å²) >= 11 is 0. The zero-order chi connectivity index (χ0) is 24.5. The number of halogens is 1. The van der Waals surface area contributed by atoms with Crippen LogP contribution in [0, 0.1) is 12.7 Å². The number of ether oxygens (including phenoxy) is 3. The number of fused-ring (bicyclic) bond motifs is 2. The van der Waals surface area contributed by atoms with Gasteiger partial charge in [0.2, 0.25) is 0 Å². The second kappa shape index (κ2) is 9.43. The van der Waals surface area contributed by atoms with Crippen molar-refractivity contribution in [3.8, 4) is 34.3 Å². The Labute approximate surface area is 203 Å². The van der Waals surface area contributed by atoms with Gasteiger partial charge in [-0.25, -0.2) is 9.37 Å². The van der Waals surface area contributed by atoms with Crippen molar-refractivity contribution in [2.45, 2.75) is 20.0 Å². The van der Waals surface area contributed by atoms with Crippen molar-refractivity contribution in [1.29, 1.82) is 0 Å². The van der Waals surface area contributed by atoms with E-state index in [0.29, 0.717) is 43.2 Å². The van der Waals surface area contributed by atoms with Crippen LogP contribution >= 0.6 is 0 Å². The molecule has 0 unspecified atom stereocenters. The number of aryl methyl sites for hydroxylation is 1. The Hall–Kier alpha value is -3.84. The Bertz CT molecular complexity index is 1410. The molecule has 0 amide bonds. The summed E-state index contributed by atoms with van der Waals surface area (Å²) in [5, 5.41) is 11.7. The highest BCUT2D eigenvalue weighted by atomic mass is 19.1. The molecule has 2 heterocycles. The molecule has 1 N–H and O–H groups in total. The third kappa shape index (κ3) is 4.59. The number of aromatic hydroxyl groups is 1. The van der Waals surface area contributed by atoms with Gasteiger partial charge in [-0.2, -0.15) is 0 Å². The highest BCUT2D eigenvalue weighted by Crippen LogP contribution is 2.38. The fourth-order valence-electron chi connectivity index (χ4n) is 4.61. The van der Waals surface area contributed by atoms with Gasteiger partial charge >= 0.3 is 0 Å². The van der Waals surface area contributed by atoms with Crippen LogP contribution in [0.5, 0.6) is 23.0 Å². The maximum Gasteiger partial charge on any atom is 0.165 e. The van der Waals surface area contributed by atoms with Crippen LogP contribution in [-0.2, 0) is 13.1 Å². The summed E-state index contributed by atoms with van der Waals surface area (Å²) in [6, 6.07) is 16.0. The predicted molar refractivity (Wildman–Crippen MR) is 133 cm³/mol. The van der Waals surface area contributed by atoms with Gasteiger partial charge < -0.3 is 19.3 Å². The van der Waals surface area contributed by atoms with Gasteiger partial charge in [-0.1, -0.05) is 0 Å². The van der Waals surface area contributed by atoms with Crippen LogP contribution in [-0.4, -0.2) is 42.4 Å². The lowest BCUT2D eigenvalue weighted by molar-refractivity contribution is 0.215. The smallest absolute Gasteiger partial charge is 0.165 e. The minimum absolute atomic E-state index is 0.0668. The maximum absolute atomic E-state index is 13.8. The Morgan fingerprint density at radius 1 is 1.06 bits per heavy atom. The van der Waals surface area contributed by atoms with Gasteiger partial charge in [0.25, 0.3) is 0 Å². The maximum atomic E-state index is 13.8. The number of nitrogens with zero attached hydrogens (tertiary/aromatic N) is 2. The zero-order valence-electron chi connectivity index (χ0n) is 20.0. The first kappa shape index (κ1) is 22.9. The molecule has 0 atom stereocenters. The van der Waals surface area contributed by atoms with Crippen LogP contribution in [0.25, 0.3) is 22.2 Å². The highest BCUT2D eigenvalue weighted by molar-refractivity contribution is 5.85. The summed E-state index contributed by atoms with van der Waals surface area (Å²) in [6.45, 7) is 4.29. The molecular weight excluding hydrogens is 447 g/mol. The van der Waals surface area contributed by atoms with Crippen LogP contribution < -0.4 is 14.2 Å². The molecule has 3 aromatic carbocycles. The molecule has 5 rings (SSSR count). The molecule has 0 fully saturated rings. The van der Waals surface area contributed by atoms with Crippen molar-refractivity contribution < 1.29 is 23.7 Å². The first-order valence-electron chi connectivity index (χ1n) is 11.4. The van der Waals surface area contributed by atoms with Crippen molar-refractivity contribution in [3.63, 3.8) is 0 Å². The fourth-order valence-corrected chi connectivity index (χ4v) is 4.61. The molecule has 1 aliphatic heterocycles. The first-order chi connectivity index (χ1) is 16.9. The fraction of sp³-hybridized carbons (Fsp3) is 0.250. The largest absolute Gasteiger partial charge is 0.504 e. The number of aromatic nitrogens is 1. The van der Waals surface area contributed by atoms with E-state index in [1.165, 1.54) is 12.1 Å². The van der Waals surface area contributed by atoms with E-state index < -0.39 is 0 Å². The molecule has 180 valence electrons. The quantitative estimate of drug-likeness (QED) is 0.414. The second-order valence-corrected chi connectivity index (χ2v) is 8.71. The van der Waals surface area contributed by atoms with Gasteiger partial charge in [0.05, 0.1) is 25.4 Å². The number of benzene rings is 3. The molecular formula is C28H27FN2O4. The van der Waals surface area contributed by atoms with Crippen LogP contribution in [0.2, 0.25) is 0 Å². The molecule has 0 aliphatic carbocycles. The SMILES string of the molecule is COc1ccc(OC)c(CN2CCOc3c(O)cc(-c4cc(C)c5ccc(F)cc5n4)cc3C2)c1. The average Bonchev–Trinajstić information content (AvgIpc) is 3.05. The Kier molecular flexibility index (Phi) is 6.17. The van der Waals surface area contributed by atoms with Gasteiger partial charge in [0.1, 0.15) is 23.9 Å². The third-order valence-electron chi connectivity index (χ3n) is 6.35. The molecule has 4 aromatic rings. The van der Waals surface area contributed by atoms with Crippen LogP contribution in [0.4, 0.5) is 4.39 Å². The topological polar surface area (TPSA) is 64.1 Å². The van der Waals surface area contributed by atoms with Crippen molar-refractivity contribution >= 4 is 10.9 Å². The van der Waals surface area contributed by atoms with E-state index in [2.05, 4.69) is 9.88 Å². The van der Waals surface area contributed by atoms with Gasteiger partial charge in [0, 0.05) is 47.8 Å². The summed E-state index contributed by atoms with van der Waals surface area (Å²) in [5.74, 6) is 1.77. The first-order valence-corrected chi connectivity index (χ1v) is 11.4. The molecule has 1 aliphatic rings. The Balaban J connectivity index is 1.50. The van der Waals surface area contributed by atoms with Crippen molar-refractivity contribution in [3.05, 3.63) is 77.1 Å². The molecule has 6 nitrogen and oxygen atoms in total. The summed E-state index contributed by atoms with van der Waals surface area (Å²) in [7, 11) is 3.30. The lowest BCUT2D eigenvalue weighted by Gasteiger charge is -2.21. The van der Waals surface area contributed by atoms with Gasteiger partial charge in [-0.3, -0.25) is 4.90 Å². The van der Waals surface area contributed by atoms with Crippen molar-refractivity contribution in [2.24, 2.45) is 0 Å². The molecule has 0 radical (unpaired) electrons. The number of pyridine rings is 1. The van der Waals surface area contributed by atoms with E-state index >= 15 is 0 Å². The van der Waals surface area contributed by atoms with Crippen LogP contribution in [0.1, 0.15) is 16.7 Å². The van der Waals surface area contributed by atoms with E-state index in [9.17, 15) is 9.50 Å². The standard InChI is InChI=1S/C28H27FN2O4/c1-17-10-24(30-25-14-21(29)4-6-23(17)25)18-11-20-16-31(8-9-35-28(20)26(32)13-18)15-19-12-22(33-2)5-7-27(19)34-3/h4-7,10-14,32H,8-9,15-16H2,1-3H3. The molecule has 1 aromatic heterocycles. The monoisotopic (exact) mass is 474 g/mol. The molecule has 0 spiro atoms. The molecule has 0 bridgehead atoms. The minimum atomic E-state index is -0.330. The minimum Gasteiger partial charge on any atom is -0.504 e. The molecule has 0 saturated heterocycles. The lowest BCUT2D eigenvalue weighted by atomic mass is 10.0. The summed E-state index contributed by atoms with van der Waals surface area (Å²) < 4.78 is 30.7. The number of rotatable bonds is 5. The van der Waals surface area contributed by atoms with Crippen molar-refractivity contribution in [1.82, 2.24) is 9.88 Å². The molecule has 35 heavy (non-hydrogen) atoms. The van der Waals surface area contributed by atoms with Gasteiger partial charge in [0.15, 0.2) is 11.5 Å². The van der Waals surface area contributed by atoms with E-state index in [0.717, 1.165) is 39.1 Å². The zero-order valence-corrected chi connectivity index (χ0v) is 20.0. The second-order valence-electron chi connectivity index (χ2n) is 8.71. The number of methoxy groups -OCH3 is 2. The van der Waals surface area contributed by atoms with Crippen LogP contribution in [0.3, 0.4) is 0 Å². The summed E-state index contributed by atoms with van der Waals surface area (Å²) in [5.41, 5.74) is 4.85.